The van der Waals surface area contributed by atoms with Gasteiger partial charge in [0.2, 0.25) is 0 Å². The van der Waals surface area contributed by atoms with Crippen LogP contribution in [-0.2, 0) is 9.47 Å². The fraction of sp³-hybridized carbons (Fsp3) is 1.00. The molecule has 0 aliphatic carbocycles. The number of nitrogens with zero attached hydrogens (tertiary/aromatic N) is 1. The Balaban J connectivity index is 1.70. The molecule has 0 bridgehead atoms. The Kier molecular flexibility index (Phi) is 4.83. The zero-order valence-electron chi connectivity index (χ0n) is 11.4. The molecule has 17 heavy (non-hydrogen) atoms. The Morgan fingerprint density at radius 2 is 1.88 bits per heavy atom. The first-order valence-electron chi connectivity index (χ1n) is 7.23. The Morgan fingerprint density at radius 1 is 1.18 bits per heavy atom. The summed E-state index contributed by atoms with van der Waals surface area (Å²) >= 11 is 0. The van der Waals surface area contributed by atoms with Crippen molar-refractivity contribution in [3.05, 3.63) is 0 Å². The minimum absolute atomic E-state index is 0.0574. The monoisotopic (exact) mass is 241 g/mol. The minimum Gasteiger partial charge on any atom is -0.353 e. The molecule has 0 saturated carbocycles. The summed E-state index contributed by atoms with van der Waals surface area (Å²) in [5.41, 5.74) is 0.592. The van der Waals surface area contributed by atoms with E-state index >= 15 is 0 Å². The molecule has 2 saturated heterocycles. The zero-order chi connectivity index (χ0) is 12.1. The minimum atomic E-state index is 0.0574. The lowest BCUT2D eigenvalue weighted by Crippen LogP contribution is -2.32. The summed E-state index contributed by atoms with van der Waals surface area (Å²) in [5.74, 6) is 0. The van der Waals surface area contributed by atoms with Crippen LogP contribution >= 0.6 is 0 Å². The van der Waals surface area contributed by atoms with Crippen LogP contribution in [0.15, 0.2) is 0 Å². The summed E-state index contributed by atoms with van der Waals surface area (Å²) in [6.45, 7) is 10.1. The summed E-state index contributed by atoms with van der Waals surface area (Å²) < 4.78 is 11.2. The molecule has 0 aromatic heterocycles. The summed E-state index contributed by atoms with van der Waals surface area (Å²) in [6, 6.07) is 0. The van der Waals surface area contributed by atoms with Crippen molar-refractivity contribution < 1.29 is 9.47 Å². The highest BCUT2D eigenvalue weighted by Crippen LogP contribution is 2.36. The first kappa shape index (κ1) is 13.3. The predicted molar refractivity (Wildman–Crippen MR) is 69.0 cm³/mol. The highest BCUT2D eigenvalue weighted by atomic mass is 16.7. The molecular weight excluding hydrogens is 214 g/mol. The topological polar surface area (TPSA) is 21.7 Å². The summed E-state index contributed by atoms with van der Waals surface area (Å²) in [7, 11) is 0. The number of hydrogen-bond donors (Lipinski definition) is 0. The van der Waals surface area contributed by atoms with Crippen molar-refractivity contribution in [2.75, 3.05) is 32.8 Å². The van der Waals surface area contributed by atoms with E-state index in [0.29, 0.717) is 5.41 Å². The Bertz CT molecular complexity index is 222. The van der Waals surface area contributed by atoms with E-state index in [1.807, 2.05) is 0 Å². The maximum atomic E-state index is 5.59. The second-order valence-electron chi connectivity index (χ2n) is 5.55. The molecule has 3 heteroatoms. The van der Waals surface area contributed by atoms with E-state index in [9.17, 15) is 0 Å². The van der Waals surface area contributed by atoms with Gasteiger partial charge in [-0.15, -0.1) is 0 Å². The molecule has 2 fully saturated rings. The molecule has 0 spiro atoms. The highest BCUT2D eigenvalue weighted by molar-refractivity contribution is 4.87. The van der Waals surface area contributed by atoms with Crippen molar-refractivity contribution in [1.82, 2.24) is 4.90 Å². The Morgan fingerprint density at radius 3 is 2.47 bits per heavy atom. The van der Waals surface area contributed by atoms with Crippen LogP contribution in [0, 0.1) is 5.41 Å². The van der Waals surface area contributed by atoms with Gasteiger partial charge in [0, 0.05) is 19.5 Å². The van der Waals surface area contributed by atoms with Crippen LogP contribution in [0.2, 0.25) is 0 Å². The van der Waals surface area contributed by atoms with Crippen molar-refractivity contribution in [3.8, 4) is 0 Å². The third kappa shape index (κ3) is 3.43. The number of likely N-dealkylation sites (tertiary alicyclic amines) is 1. The standard InChI is InChI=1S/C14H27NO2/c1-3-14(4-2)7-9-15(12-14)8-6-13-16-10-5-11-17-13/h13H,3-12H2,1-2H3. The van der Waals surface area contributed by atoms with Gasteiger partial charge in [0.25, 0.3) is 0 Å². The molecule has 0 amide bonds. The molecule has 2 heterocycles. The fourth-order valence-electron chi connectivity index (χ4n) is 3.04. The third-order valence-electron chi connectivity index (χ3n) is 4.59. The highest BCUT2D eigenvalue weighted by Gasteiger charge is 2.34. The maximum Gasteiger partial charge on any atom is 0.158 e. The molecule has 100 valence electrons. The largest absolute Gasteiger partial charge is 0.353 e. The molecule has 0 N–H and O–H groups in total. The lowest BCUT2D eigenvalue weighted by Gasteiger charge is -2.28. The molecule has 0 aromatic rings. The van der Waals surface area contributed by atoms with Crippen LogP contribution in [0.4, 0.5) is 0 Å². The molecule has 0 aromatic carbocycles. The van der Waals surface area contributed by atoms with Gasteiger partial charge in [-0.3, -0.25) is 0 Å². The first-order chi connectivity index (χ1) is 8.28. The van der Waals surface area contributed by atoms with Crippen LogP contribution in [0.5, 0.6) is 0 Å². The van der Waals surface area contributed by atoms with Gasteiger partial charge in [-0.05, 0) is 37.6 Å². The molecule has 2 rings (SSSR count). The van der Waals surface area contributed by atoms with Gasteiger partial charge in [0.1, 0.15) is 0 Å². The average molecular weight is 241 g/mol. The van der Waals surface area contributed by atoms with Crippen LogP contribution in [0.25, 0.3) is 0 Å². The van der Waals surface area contributed by atoms with Gasteiger partial charge in [0.15, 0.2) is 6.29 Å². The van der Waals surface area contributed by atoms with Gasteiger partial charge in [0.05, 0.1) is 13.2 Å². The normalized spacial score (nSPS) is 26.5. The number of hydrogen-bond acceptors (Lipinski definition) is 3. The van der Waals surface area contributed by atoms with Crippen LogP contribution < -0.4 is 0 Å². The smallest absolute Gasteiger partial charge is 0.158 e. The first-order valence-corrected chi connectivity index (χ1v) is 7.23. The number of ether oxygens (including phenoxy) is 2. The van der Waals surface area contributed by atoms with E-state index in [-0.39, 0.29) is 6.29 Å². The van der Waals surface area contributed by atoms with Crippen LogP contribution in [0.3, 0.4) is 0 Å². The quantitative estimate of drug-likeness (QED) is 0.738. The van der Waals surface area contributed by atoms with Gasteiger partial charge in [-0.1, -0.05) is 13.8 Å². The van der Waals surface area contributed by atoms with Crippen molar-refractivity contribution in [1.29, 1.82) is 0 Å². The lowest BCUT2D eigenvalue weighted by atomic mass is 9.82. The number of rotatable bonds is 5. The SMILES string of the molecule is CCC1(CC)CCN(CCC2OCCCO2)C1. The van der Waals surface area contributed by atoms with E-state index in [0.717, 1.165) is 32.6 Å². The maximum absolute atomic E-state index is 5.59. The summed E-state index contributed by atoms with van der Waals surface area (Å²) in [4.78, 5) is 2.59. The van der Waals surface area contributed by atoms with Gasteiger partial charge >= 0.3 is 0 Å². The zero-order valence-corrected chi connectivity index (χ0v) is 11.4. The average Bonchev–Trinajstić information content (AvgIpc) is 2.82. The molecular formula is C14H27NO2. The second kappa shape index (κ2) is 6.17. The van der Waals surface area contributed by atoms with Crippen LogP contribution in [-0.4, -0.2) is 44.0 Å². The van der Waals surface area contributed by atoms with Crippen molar-refractivity contribution in [2.45, 2.75) is 52.2 Å². The molecule has 3 nitrogen and oxygen atoms in total. The predicted octanol–water partition coefficient (Wildman–Crippen LogP) is 2.65. The second-order valence-corrected chi connectivity index (χ2v) is 5.55. The van der Waals surface area contributed by atoms with E-state index in [1.54, 1.807) is 0 Å². The Hall–Kier alpha value is -0.120. The molecule has 0 atom stereocenters. The van der Waals surface area contributed by atoms with Gasteiger partial charge < -0.3 is 14.4 Å². The van der Waals surface area contributed by atoms with E-state index < -0.39 is 0 Å². The van der Waals surface area contributed by atoms with E-state index in [1.165, 1.54) is 32.4 Å². The molecule has 2 aliphatic rings. The van der Waals surface area contributed by atoms with E-state index in [4.69, 9.17) is 9.47 Å². The third-order valence-corrected chi connectivity index (χ3v) is 4.59. The fourth-order valence-corrected chi connectivity index (χ4v) is 3.04. The van der Waals surface area contributed by atoms with Crippen molar-refractivity contribution >= 4 is 0 Å². The molecule has 0 radical (unpaired) electrons. The van der Waals surface area contributed by atoms with Gasteiger partial charge in [-0.2, -0.15) is 0 Å². The molecule has 0 unspecified atom stereocenters. The molecule has 2 aliphatic heterocycles. The Labute approximate surface area is 105 Å². The summed E-state index contributed by atoms with van der Waals surface area (Å²) in [5, 5.41) is 0. The lowest BCUT2D eigenvalue weighted by molar-refractivity contribution is -0.182. The van der Waals surface area contributed by atoms with Crippen molar-refractivity contribution in [2.24, 2.45) is 5.41 Å². The summed E-state index contributed by atoms with van der Waals surface area (Å²) in [6.07, 6.45) is 6.14. The van der Waals surface area contributed by atoms with Gasteiger partial charge in [-0.25, -0.2) is 0 Å². The van der Waals surface area contributed by atoms with Crippen molar-refractivity contribution in [3.63, 3.8) is 0 Å². The van der Waals surface area contributed by atoms with E-state index in [2.05, 4.69) is 18.7 Å². The van der Waals surface area contributed by atoms with Crippen LogP contribution in [0.1, 0.15) is 46.0 Å².